The summed E-state index contributed by atoms with van der Waals surface area (Å²) in [5.74, 6) is 0. The molecule has 0 aliphatic carbocycles. The average molecular weight is 282 g/mol. The van der Waals surface area contributed by atoms with Crippen LogP contribution < -0.4 is 0 Å². The number of aromatic nitrogens is 4. The number of benzene rings is 1. The first kappa shape index (κ1) is 13.6. The molecular formula is C16H18N4O. The second-order valence-electron chi connectivity index (χ2n) is 5.25. The lowest BCUT2D eigenvalue weighted by atomic mass is 10.1. The average Bonchev–Trinajstić information content (AvgIpc) is 3.17. The number of para-hydroxylation sites is 1. The maximum atomic E-state index is 10.6. The minimum atomic E-state index is -0.750. The van der Waals surface area contributed by atoms with Crippen molar-refractivity contribution in [3.8, 4) is 5.69 Å². The molecular weight excluding hydrogens is 264 g/mol. The number of aliphatic hydroxyl groups is 1. The minimum Gasteiger partial charge on any atom is -0.382 e. The number of aliphatic hydroxyl groups excluding tert-OH is 1. The Bertz CT molecular complexity index is 715. The van der Waals surface area contributed by atoms with Gasteiger partial charge < -0.3 is 5.11 Å². The molecule has 0 amide bonds. The first-order valence-electron chi connectivity index (χ1n) is 6.98. The summed E-state index contributed by atoms with van der Waals surface area (Å²) >= 11 is 0. The van der Waals surface area contributed by atoms with Crippen LogP contribution in [0.2, 0.25) is 0 Å². The van der Waals surface area contributed by atoms with E-state index in [1.165, 1.54) is 0 Å². The van der Waals surface area contributed by atoms with Gasteiger partial charge in [-0.3, -0.25) is 4.68 Å². The molecule has 0 saturated carbocycles. The quantitative estimate of drug-likeness (QED) is 0.800. The van der Waals surface area contributed by atoms with Crippen molar-refractivity contribution >= 4 is 0 Å². The lowest BCUT2D eigenvalue weighted by Gasteiger charge is -2.12. The van der Waals surface area contributed by atoms with Gasteiger partial charge in [-0.15, -0.1) is 0 Å². The molecule has 2 heterocycles. The van der Waals surface area contributed by atoms with Crippen molar-refractivity contribution in [2.24, 2.45) is 0 Å². The molecule has 0 radical (unpaired) electrons. The molecule has 1 unspecified atom stereocenters. The Labute approximate surface area is 123 Å². The topological polar surface area (TPSA) is 55.9 Å². The molecule has 2 aromatic heterocycles. The van der Waals surface area contributed by atoms with Crippen LogP contribution in [0.1, 0.15) is 37.3 Å². The van der Waals surface area contributed by atoms with Gasteiger partial charge in [0.2, 0.25) is 0 Å². The van der Waals surface area contributed by atoms with Crippen LogP contribution in [-0.2, 0) is 0 Å². The van der Waals surface area contributed by atoms with E-state index in [0.717, 1.165) is 16.9 Å². The number of rotatable bonds is 4. The molecule has 108 valence electrons. The lowest BCUT2D eigenvalue weighted by Crippen LogP contribution is -2.08. The molecule has 3 rings (SSSR count). The molecule has 5 heteroatoms. The lowest BCUT2D eigenvalue weighted by molar-refractivity contribution is 0.212. The van der Waals surface area contributed by atoms with E-state index in [2.05, 4.69) is 24.0 Å². The van der Waals surface area contributed by atoms with Gasteiger partial charge in [-0.05, 0) is 32.0 Å². The first-order valence-corrected chi connectivity index (χ1v) is 6.98. The molecule has 1 atom stereocenters. The first-order chi connectivity index (χ1) is 10.2. The summed E-state index contributed by atoms with van der Waals surface area (Å²) in [6.07, 6.45) is 4.52. The van der Waals surface area contributed by atoms with Gasteiger partial charge in [0.25, 0.3) is 0 Å². The highest BCUT2D eigenvalue weighted by atomic mass is 16.3. The fraction of sp³-hybridized carbons (Fsp3) is 0.250. The summed E-state index contributed by atoms with van der Waals surface area (Å²) in [5, 5.41) is 19.2. The summed E-state index contributed by atoms with van der Waals surface area (Å²) < 4.78 is 3.58. The van der Waals surface area contributed by atoms with Crippen molar-refractivity contribution in [3.05, 3.63) is 66.2 Å². The van der Waals surface area contributed by atoms with Crippen molar-refractivity contribution in [2.75, 3.05) is 0 Å². The van der Waals surface area contributed by atoms with E-state index < -0.39 is 6.10 Å². The van der Waals surface area contributed by atoms with E-state index in [1.807, 2.05) is 47.3 Å². The van der Waals surface area contributed by atoms with Crippen LogP contribution in [-0.4, -0.2) is 24.7 Å². The summed E-state index contributed by atoms with van der Waals surface area (Å²) in [7, 11) is 0. The molecule has 1 N–H and O–H groups in total. The van der Waals surface area contributed by atoms with Crippen LogP contribution in [0.3, 0.4) is 0 Å². The number of hydrogen-bond donors (Lipinski definition) is 1. The van der Waals surface area contributed by atoms with Gasteiger partial charge in [0.1, 0.15) is 6.10 Å². The van der Waals surface area contributed by atoms with Gasteiger partial charge in [0.15, 0.2) is 0 Å². The van der Waals surface area contributed by atoms with E-state index in [-0.39, 0.29) is 6.04 Å². The largest absolute Gasteiger partial charge is 0.382 e. The van der Waals surface area contributed by atoms with E-state index in [9.17, 15) is 5.11 Å². The Morgan fingerprint density at radius 2 is 1.81 bits per heavy atom. The highest BCUT2D eigenvalue weighted by molar-refractivity contribution is 5.34. The third-order valence-electron chi connectivity index (χ3n) is 3.42. The molecule has 3 aromatic rings. The van der Waals surface area contributed by atoms with Gasteiger partial charge in [0, 0.05) is 24.0 Å². The van der Waals surface area contributed by atoms with Crippen molar-refractivity contribution in [1.29, 1.82) is 0 Å². The zero-order valence-corrected chi connectivity index (χ0v) is 12.1. The van der Waals surface area contributed by atoms with Crippen LogP contribution in [0.15, 0.2) is 55.0 Å². The van der Waals surface area contributed by atoms with Crippen LogP contribution in [0.5, 0.6) is 0 Å². The van der Waals surface area contributed by atoms with Gasteiger partial charge in [-0.25, -0.2) is 4.68 Å². The number of nitrogens with zero attached hydrogens (tertiary/aromatic N) is 4. The predicted molar refractivity (Wildman–Crippen MR) is 80.2 cm³/mol. The smallest absolute Gasteiger partial charge is 0.124 e. The zero-order chi connectivity index (χ0) is 14.8. The minimum absolute atomic E-state index is 0.269. The second-order valence-corrected chi connectivity index (χ2v) is 5.25. The Morgan fingerprint density at radius 1 is 1.05 bits per heavy atom. The van der Waals surface area contributed by atoms with Crippen molar-refractivity contribution in [1.82, 2.24) is 19.6 Å². The van der Waals surface area contributed by atoms with E-state index >= 15 is 0 Å². The zero-order valence-electron chi connectivity index (χ0n) is 12.1. The summed E-state index contributed by atoms with van der Waals surface area (Å²) in [6, 6.07) is 11.9. The molecule has 0 fully saturated rings. The molecule has 0 aliphatic rings. The molecule has 21 heavy (non-hydrogen) atoms. The predicted octanol–water partition coefficient (Wildman–Crippen LogP) is 2.73. The highest BCUT2D eigenvalue weighted by Crippen LogP contribution is 2.24. The monoisotopic (exact) mass is 282 g/mol. The van der Waals surface area contributed by atoms with Crippen LogP contribution in [0.4, 0.5) is 0 Å². The van der Waals surface area contributed by atoms with Crippen LogP contribution in [0, 0.1) is 0 Å². The van der Waals surface area contributed by atoms with Crippen LogP contribution >= 0.6 is 0 Å². The fourth-order valence-electron chi connectivity index (χ4n) is 2.25. The summed E-state index contributed by atoms with van der Waals surface area (Å²) in [6.45, 7) is 4.11. The van der Waals surface area contributed by atoms with Crippen molar-refractivity contribution < 1.29 is 5.11 Å². The highest BCUT2D eigenvalue weighted by Gasteiger charge is 2.18. The van der Waals surface area contributed by atoms with Crippen molar-refractivity contribution in [3.63, 3.8) is 0 Å². The van der Waals surface area contributed by atoms with E-state index in [4.69, 9.17) is 0 Å². The molecule has 5 nitrogen and oxygen atoms in total. The third-order valence-corrected chi connectivity index (χ3v) is 3.42. The summed E-state index contributed by atoms with van der Waals surface area (Å²) in [5.41, 5.74) is 2.42. The summed E-state index contributed by atoms with van der Waals surface area (Å²) in [4.78, 5) is 0. The van der Waals surface area contributed by atoms with Crippen LogP contribution in [0.25, 0.3) is 5.69 Å². The Balaban J connectivity index is 1.95. The SMILES string of the molecule is CC(C)n1cc(C(O)c2ccnn2-c2ccccc2)cn1. The Hall–Kier alpha value is -2.40. The van der Waals surface area contributed by atoms with Gasteiger partial charge in [-0.1, -0.05) is 18.2 Å². The molecule has 0 bridgehead atoms. The normalized spacial score (nSPS) is 12.8. The Morgan fingerprint density at radius 3 is 2.48 bits per heavy atom. The van der Waals surface area contributed by atoms with Gasteiger partial charge in [-0.2, -0.15) is 10.2 Å². The maximum Gasteiger partial charge on any atom is 0.124 e. The third kappa shape index (κ3) is 2.60. The Kier molecular flexibility index (Phi) is 3.58. The van der Waals surface area contributed by atoms with Gasteiger partial charge >= 0.3 is 0 Å². The van der Waals surface area contributed by atoms with E-state index in [1.54, 1.807) is 17.1 Å². The maximum absolute atomic E-state index is 10.6. The molecule has 0 spiro atoms. The van der Waals surface area contributed by atoms with E-state index in [0.29, 0.717) is 0 Å². The molecule has 0 aliphatic heterocycles. The molecule has 0 saturated heterocycles. The van der Waals surface area contributed by atoms with Crippen molar-refractivity contribution in [2.45, 2.75) is 26.0 Å². The second kappa shape index (κ2) is 5.54. The fourth-order valence-corrected chi connectivity index (χ4v) is 2.25. The standard InChI is InChI=1S/C16H18N4O/c1-12(2)19-11-13(10-18-19)16(21)15-8-9-17-20(15)14-6-4-3-5-7-14/h3-12,16,21H,1-2H3. The van der Waals surface area contributed by atoms with Gasteiger partial charge in [0.05, 0.1) is 17.6 Å². The molecule has 1 aromatic carbocycles. The number of hydrogen-bond acceptors (Lipinski definition) is 3.